The van der Waals surface area contributed by atoms with Gasteiger partial charge < -0.3 is 14.4 Å². The fraction of sp³-hybridized carbons (Fsp3) is 0.353. The number of thioether (sulfide) groups is 1. The first-order chi connectivity index (χ1) is 11.7. The van der Waals surface area contributed by atoms with Gasteiger partial charge in [-0.25, -0.2) is 4.98 Å². The first kappa shape index (κ1) is 16.6. The highest BCUT2D eigenvalue weighted by atomic mass is 32.2. The van der Waals surface area contributed by atoms with Crippen molar-refractivity contribution in [2.24, 2.45) is 0 Å². The predicted molar refractivity (Wildman–Crippen MR) is 95.4 cm³/mol. The normalized spacial score (nSPS) is 11.1. The second kappa shape index (κ2) is 7.53. The Kier molecular flexibility index (Phi) is 5.20. The van der Waals surface area contributed by atoms with Gasteiger partial charge in [-0.1, -0.05) is 17.3 Å². The number of nitrogens with zero attached hydrogens (tertiary/aromatic N) is 3. The molecule has 2 heterocycles. The summed E-state index contributed by atoms with van der Waals surface area (Å²) in [7, 11) is 0. The van der Waals surface area contributed by atoms with Crippen molar-refractivity contribution >= 4 is 28.7 Å². The van der Waals surface area contributed by atoms with Gasteiger partial charge in [0.1, 0.15) is 5.82 Å². The van der Waals surface area contributed by atoms with Gasteiger partial charge in [0, 0.05) is 12.6 Å². The Bertz CT molecular complexity index is 840. The number of para-hydroxylation sites is 2. The Labute approximate surface area is 144 Å². The molecule has 0 unspecified atom stereocenters. The quantitative estimate of drug-likeness (QED) is 0.667. The molecule has 24 heavy (non-hydrogen) atoms. The molecule has 1 N–H and O–H groups in total. The van der Waals surface area contributed by atoms with Gasteiger partial charge in [0.25, 0.3) is 5.91 Å². The van der Waals surface area contributed by atoms with Gasteiger partial charge in [-0.3, -0.25) is 4.79 Å². The smallest absolute Gasteiger partial charge is 0.273 e. The lowest BCUT2D eigenvalue weighted by atomic mass is 10.3. The van der Waals surface area contributed by atoms with Gasteiger partial charge in [0.2, 0.25) is 0 Å². The van der Waals surface area contributed by atoms with Crippen molar-refractivity contribution in [3.63, 3.8) is 0 Å². The number of hydrogen-bond donors (Lipinski definition) is 1. The Hall–Kier alpha value is -2.28. The van der Waals surface area contributed by atoms with Crippen molar-refractivity contribution in [2.75, 3.05) is 18.6 Å². The molecular weight excluding hydrogens is 324 g/mol. The Balaban J connectivity index is 1.69. The molecule has 0 aliphatic heterocycles. The number of aromatic nitrogens is 3. The fourth-order valence-electron chi connectivity index (χ4n) is 2.55. The Morgan fingerprint density at radius 2 is 2.21 bits per heavy atom. The summed E-state index contributed by atoms with van der Waals surface area (Å²) in [6.07, 6.45) is 2.99. The molecule has 3 rings (SSSR count). The minimum Gasteiger partial charge on any atom is -0.359 e. The molecule has 0 saturated carbocycles. The van der Waals surface area contributed by atoms with Crippen molar-refractivity contribution in [3.8, 4) is 0 Å². The van der Waals surface area contributed by atoms with Gasteiger partial charge in [0.05, 0.1) is 17.6 Å². The van der Waals surface area contributed by atoms with E-state index in [1.54, 1.807) is 17.8 Å². The van der Waals surface area contributed by atoms with Crippen LogP contribution in [0.25, 0.3) is 11.0 Å². The van der Waals surface area contributed by atoms with Crippen LogP contribution in [0, 0.1) is 6.92 Å². The van der Waals surface area contributed by atoms with E-state index < -0.39 is 0 Å². The summed E-state index contributed by atoms with van der Waals surface area (Å²) < 4.78 is 7.38. The molecular formula is C17H20N4O2S. The highest BCUT2D eigenvalue weighted by molar-refractivity contribution is 7.98. The number of benzene rings is 1. The molecule has 6 nitrogen and oxygen atoms in total. The summed E-state index contributed by atoms with van der Waals surface area (Å²) in [6, 6.07) is 9.64. The van der Waals surface area contributed by atoms with Crippen LogP contribution in [0.15, 0.2) is 34.9 Å². The molecule has 7 heteroatoms. The van der Waals surface area contributed by atoms with Crippen LogP contribution in [0.5, 0.6) is 0 Å². The Morgan fingerprint density at radius 3 is 3.04 bits per heavy atom. The van der Waals surface area contributed by atoms with E-state index >= 15 is 0 Å². The van der Waals surface area contributed by atoms with Gasteiger partial charge in [-0.15, -0.1) is 0 Å². The lowest BCUT2D eigenvalue weighted by Gasteiger charge is -2.03. The van der Waals surface area contributed by atoms with E-state index in [2.05, 4.69) is 20.0 Å². The van der Waals surface area contributed by atoms with E-state index in [9.17, 15) is 4.79 Å². The van der Waals surface area contributed by atoms with Crippen molar-refractivity contribution in [3.05, 3.63) is 47.6 Å². The third-order valence-electron chi connectivity index (χ3n) is 3.76. The molecule has 1 aromatic carbocycles. The van der Waals surface area contributed by atoms with Gasteiger partial charge in [-0.05, 0) is 37.5 Å². The maximum absolute atomic E-state index is 12.0. The van der Waals surface area contributed by atoms with Crippen LogP contribution < -0.4 is 5.32 Å². The number of aryl methyl sites for hydroxylation is 1. The number of carbonyl (C=O) groups excluding carboxylic acids is 1. The van der Waals surface area contributed by atoms with Crippen LogP contribution in [0.2, 0.25) is 0 Å². The number of amides is 1. The third-order valence-corrected chi connectivity index (χ3v) is 4.46. The van der Waals surface area contributed by atoms with Crippen molar-refractivity contribution in [1.29, 1.82) is 0 Å². The zero-order valence-corrected chi connectivity index (χ0v) is 14.6. The zero-order valence-electron chi connectivity index (χ0n) is 13.8. The SMILES string of the molecule is CSCCCNC(=O)c1cc(Cn2c(C)nc3ccccc32)on1. The molecule has 0 aliphatic carbocycles. The lowest BCUT2D eigenvalue weighted by Crippen LogP contribution is -2.25. The molecule has 1 amide bonds. The van der Waals surface area contributed by atoms with Crippen molar-refractivity contribution in [2.45, 2.75) is 19.9 Å². The molecule has 0 atom stereocenters. The topological polar surface area (TPSA) is 73.0 Å². The average Bonchev–Trinajstić information content (AvgIpc) is 3.17. The second-order valence-corrected chi connectivity index (χ2v) is 6.50. The van der Waals surface area contributed by atoms with E-state index in [1.807, 2.05) is 37.4 Å². The van der Waals surface area contributed by atoms with Crippen molar-refractivity contribution in [1.82, 2.24) is 20.0 Å². The predicted octanol–water partition coefficient (Wildman–Crippen LogP) is 2.86. The number of imidazole rings is 1. The Morgan fingerprint density at radius 1 is 1.38 bits per heavy atom. The van der Waals surface area contributed by atoms with Gasteiger partial charge in [-0.2, -0.15) is 11.8 Å². The molecule has 126 valence electrons. The molecule has 0 bridgehead atoms. The third kappa shape index (κ3) is 3.62. The second-order valence-electron chi connectivity index (χ2n) is 5.51. The molecule has 0 fully saturated rings. The number of fused-ring (bicyclic) bond motifs is 1. The summed E-state index contributed by atoms with van der Waals surface area (Å²) in [5, 5.41) is 6.73. The van der Waals surface area contributed by atoms with Crippen LogP contribution in [0.3, 0.4) is 0 Å². The van der Waals surface area contributed by atoms with Crippen LogP contribution in [0.1, 0.15) is 28.5 Å². The lowest BCUT2D eigenvalue weighted by molar-refractivity contribution is 0.0944. The summed E-state index contributed by atoms with van der Waals surface area (Å²) >= 11 is 1.76. The summed E-state index contributed by atoms with van der Waals surface area (Å²) in [6.45, 7) is 3.10. The zero-order chi connectivity index (χ0) is 16.9. The van der Waals surface area contributed by atoms with E-state index in [0.717, 1.165) is 29.0 Å². The van der Waals surface area contributed by atoms with Crippen molar-refractivity contribution < 1.29 is 9.32 Å². The number of nitrogens with one attached hydrogen (secondary N) is 1. The summed E-state index contributed by atoms with van der Waals surface area (Å²) in [4.78, 5) is 16.6. The first-order valence-electron chi connectivity index (χ1n) is 7.83. The van der Waals surface area contributed by atoms with Crippen LogP contribution in [0.4, 0.5) is 0 Å². The molecule has 2 aromatic heterocycles. The fourth-order valence-corrected chi connectivity index (χ4v) is 2.99. The highest BCUT2D eigenvalue weighted by Gasteiger charge is 2.14. The number of carbonyl (C=O) groups is 1. The van der Waals surface area contributed by atoms with Crippen LogP contribution in [-0.2, 0) is 6.54 Å². The molecule has 0 aliphatic rings. The van der Waals surface area contributed by atoms with E-state index in [0.29, 0.717) is 24.5 Å². The minimum absolute atomic E-state index is 0.196. The van der Waals surface area contributed by atoms with E-state index in [4.69, 9.17) is 4.52 Å². The molecule has 0 saturated heterocycles. The maximum atomic E-state index is 12.0. The highest BCUT2D eigenvalue weighted by Crippen LogP contribution is 2.17. The number of hydrogen-bond acceptors (Lipinski definition) is 5. The van der Waals surface area contributed by atoms with Gasteiger partial charge >= 0.3 is 0 Å². The number of rotatable bonds is 7. The first-order valence-corrected chi connectivity index (χ1v) is 9.23. The largest absolute Gasteiger partial charge is 0.359 e. The molecule has 0 spiro atoms. The molecule has 3 aromatic rings. The molecule has 0 radical (unpaired) electrons. The summed E-state index contributed by atoms with van der Waals surface area (Å²) in [5.74, 6) is 2.36. The standard InChI is InChI=1S/C17H20N4O2S/c1-12-19-14-6-3-4-7-16(14)21(12)11-13-10-15(20-23-13)17(22)18-8-5-9-24-2/h3-4,6-7,10H,5,8-9,11H2,1-2H3,(H,18,22). The minimum atomic E-state index is -0.196. The van der Waals surface area contributed by atoms with Crippen LogP contribution in [-0.4, -0.2) is 39.2 Å². The summed E-state index contributed by atoms with van der Waals surface area (Å²) in [5.41, 5.74) is 2.30. The average molecular weight is 344 g/mol. The monoisotopic (exact) mass is 344 g/mol. The van der Waals surface area contributed by atoms with E-state index in [-0.39, 0.29) is 5.91 Å². The van der Waals surface area contributed by atoms with Gasteiger partial charge in [0.15, 0.2) is 11.5 Å². The maximum Gasteiger partial charge on any atom is 0.273 e. The van der Waals surface area contributed by atoms with E-state index in [1.165, 1.54) is 0 Å². The van der Waals surface area contributed by atoms with Crippen LogP contribution >= 0.6 is 11.8 Å².